The van der Waals surface area contributed by atoms with E-state index < -0.39 is 23.6 Å². The highest BCUT2D eigenvalue weighted by molar-refractivity contribution is 5.57. The molecule has 216 valence electrons. The molecule has 0 spiro atoms. The molecule has 0 amide bonds. The summed E-state index contributed by atoms with van der Waals surface area (Å²) in [5.74, 6) is 0.595. The Morgan fingerprint density at radius 3 is 2.35 bits per heavy atom. The van der Waals surface area contributed by atoms with Crippen LogP contribution >= 0.6 is 0 Å². The number of rotatable bonds is 6. The van der Waals surface area contributed by atoms with Crippen LogP contribution in [0.15, 0.2) is 47.3 Å². The number of benzene rings is 1. The van der Waals surface area contributed by atoms with Gasteiger partial charge in [-0.05, 0) is 49.9 Å². The fraction of sp³-hybridized carbons (Fsp3) is 0.500. The first-order valence-electron chi connectivity index (χ1n) is 12.9. The third-order valence-electron chi connectivity index (χ3n) is 7.34. The molecule has 2 aromatic heterocycles. The van der Waals surface area contributed by atoms with Gasteiger partial charge >= 0.3 is 12.5 Å². The maximum atomic E-state index is 12.9. The summed E-state index contributed by atoms with van der Waals surface area (Å²) in [5, 5.41) is 3.64. The van der Waals surface area contributed by atoms with Gasteiger partial charge in [0, 0.05) is 43.1 Å². The van der Waals surface area contributed by atoms with Crippen molar-refractivity contribution in [2.45, 2.75) is 68.7 Å². The molecule has 2 fully saturated rings. The molecule has 1 aliphatic heterocycles. The second-order valence-electron chi connectivity index (χ2n) is 10.2. The number of anilines is 1. The number of hydrogen-bond donors (Lipinski definition) is 2. The lowest BCUT2D eigenvalue weighted by atomic mass is 9.77. The van der Waals surface area contributed by atoms with Crippen molar-refractivity contribution >= 4 is 5.95 Å². The summed E-state index contributed by atoms with van der Waals surface area (Å²) < 4.78 is 86.0. The van der Waals surface area contributed by atoms with Gasteiger partial charge in [0.2, 0.25) is 11.8 Å². The Bertz CT molecular complexity index is 1280. The van der Waals surface area contributed by atoms with E-state index in [4.69, 9.17) is 10.2 Å². The molecule has 8 nitrogen and oxygen atoms in total. The van der Waals surface area contributed by atoms with Crippen molar-refractivity contribution in [1.82, 2.24) is 20.3 Å². The van der Waals surface area contributed by atoms with Crippen LogP contribution in [0.5, 0.6) is 5.75 Å². The van der Waals surface area contributed by atoms with E-state index in [-0.39, 0.29) is 23.8 Å². The molecule has 3 atom stereocenters. The van der Waals surface area contributed by atoms with Crippen LogP contribution in [0.25, 0.3) is 11.3 Å². The maximum Gasteiger partial charge on any atom is 0.573 e. The van der Waals surface area contributed by atoms with E-state index in [2.05, 4.69) is 25.0 Å². The SMILES string of the molecule is NC1(c2ncc(-c3ccc(OC(F)(F)F)cc3)o2)CCCCC1N[C@H]1CCCN(c2ncc(C(F)(F)F)cn2)C1. The van der Waals surface area contributed by atoms with Crippen LogP contribution in [-0.4, -0.2) is 46.5 Å². The summed E-state index contributed by atoms with van der Waals surface area (Å²) in [6, 6.07) is 5.10. The molecule has 2 unspecified atom stereocenters. The Hall–Kier alpha value is -3.39. The molecule has 0 bridgehead atoms. The molecule has 3 aromatic rings. The van der Waals surface area contributed by atoms with Gasteiger partial charge in [-0.3, -0.25) is 0 Å². The number of halogens is 6. The predicted octanol–water partition coefficient (Wildman–Crippen LogP) is 5.40. The zero-order chi connectivity index (χ0) is 28.5. The lowest BCUT2D eigenvalue weighted by Crippen LogP contribution is -2.61. The quantitative estimate of drug-likeness (QED) is 0.380. The highest BCUT2D eigenvalue weighted by atomic mass is 19.4. The molecule has 0 radical (unpaired) electrons. The van der Waals surface area contributed by atoms with Crippen molar-refractivity contribution in [1.29, 1.82) is 0 Å². The monoisotopic (exact) mass is 570 g/mol. The van der Waals surface area contributed by atoms with E-state index in [1.165, 1.54) is 30.5 Å². The number of oxazole rings is 1. The lowest BCUT2D eigenvalue weighted by molar-refractivity contribution is -0.274. The van der Waals surface area contributed by atoms with Crippen LogP contribution in [0.1, 0.15) is 50.0 Å². The van der Waals surface area contributed by atoms with Gasteiger partial charge in [0.25, 0.3) is 0 Å². The normalized spacial score (nSPS) is 24.2. The average molecular weight is 571 g/mol. The summed E-state index contributed by atoms with van der Waals surface area (Å²) in [6.45, 7) is 1.12. The van der Waals surface area contributed by atoms with E-state index >= 15 is 0 Å². The van der Waals surface area contributed by atoms with Crippen LogP contribution < -0.4 is 20.7 Å². The highest BCUT2D eigenvalue weighted by Crippen LogP contribution is 2.37. The number of piperidine rings is 1. The minimum absolute atomic E-state index is 0.0127. The zero-order valence-corrected chi connectivity index (χ0v) is 21.3. The minimum Gasteiger partial charge on any atom is -0.439 e. The largest absolute Gasteiger partial charge is 0.573 e. The Balaban J connectivity index is 1.28. The second kappa shape index (κ2) is 10.9. The molecule has 3 N–H and O–H groups in total. The molecule has 1 aliphatic carbocycles. The minimum atomic E-state index is -4.78. The van der Waals surface area contributed by atoms with Crippen molar-refractivity contribution in [2.24, 2.45) is 5.73 Å². The van der Waals surface area contributed by atoms with Crippen LogP contribution in [-0.2, 0) is 11.7 Å². The second-order valence-corrected chi connectivity index (χ2v) is 10.2. The van der Waals surface area contributed by atoms with Crippen LogP contribution in [0.4, 0.5) is 32.3 Å². The van der Waals surface area contributed by atoms with E-state index in [1.807, 2.05) is 4.90 Å². The van der Waals surface area contributed by atoms with Crippen molar-refractivity contribution in [2.75, 3.05) is 18.0 Å². The first-order valence-corrected chi connectivity index (χ1v) is 12.9. The Morgan fingerprint density at radius 2 is 1.68 bits per heavy atom. The van der Waals surface area contributed by atoms with Crippen molar-refractivity contribution in [3.05, 3.63) is 54.3 Å². The predicted molar refractivity (Wildman–Crippen MR) is 132 cm³/mol. The third kappa shape index (κ3) is 6.33. The summed E-state index contributed by atoms with van der Waals surface area (Å²) in [7, 11) is 0. The number of hydrogen-bond acceptors (Lipinski definition) is 8. The Morgan fingerprint density at radius 1 is 0.950 bits per heavy atom. The molecular formula is C26H28F6N6O2. The summed E-state index contributed by atoms with van der Waals surface area (Å²) >= 11 is 0. The van der Waals surface area contributed by atoms with Crippen molar-refractivity contribution in [3.8, 4) is 17.1 Å². The molecule has 1 saturated heterocycles. The van der Waals surface area contributed by atoms with Crippen LogP contribution in [0, 0.1) is 0 Å². The topological polar surface area (TPSA) is 102 Å². The Labute approximate surface area is 225 Å². The highest BCUT2D eigenvalue weighted by Gasteiger charge is 2.44. The molecule has 1 aromatic carbocycles. The number of aromatic nitrogens is 3. The number of nitrogens with two attached hydrogens (primary N) is 1. The zero-order valence-electron chi connectivity index (χ0n) is 21.3. The van der Waals surface area contributed by atoms with Gasteiger partial charge in [-0.2, -0.15) is 13.2 Å². The lowest BCUT2D eigenvalue weighted by Gasteiger charge is -2.43. The number of nitrogens with one attached hydrogen (secondary N) is 1. The molecule has 3 heterocycles. The first-order chi connectivity index (χ1) is 18.9. The first kappa shape index (κ1) is 28.1. The van der Waals surface area contributed by atoms with Crippen molar-refractivity contribution in [3.63, 3.8) is 0 Å². The standard InChI is InChI=1S/C26H28F6N6O2/c27-25(28,29)17-12-35-23(36-13-17)38-11-3-4-18(15-38)37-21-5-1-2-10-24(21,33)22-34-14-20(39-22)16-6-8-19(9-7-16)40-26(30,31)32/h6-9,12-14,18,21,37H,1-5,10-11,15,33H2/t18-,21?,24?/m0/s1. The van der Waals surface area contributed by atoms with Crippen LogP contribution in [0.2, 0.25) is 0 Å². The van der Waals surface area contributed by atoms with Gasteiger partial charge in [0.15, 0.2) is 5.76 Å². The molecular weight excluding hydrogens is 542 g/mol. The van der Waals surface area contributed by atoms with Crippen molar-refractivity contribution < 1.29 is 35.5 Å². The summed E-state index contributed by atoms with van der Waals surface area (Å²) in [6.07, 6.45) is -1.36. The number of nitrogens with zero attached hydrogens (tertiary/aromatic N) is 4. The summed E-state index contributed by atoms with van der Waals surface area (Å²) in [5.41, 5.74) is 5.62. The third-order valence-corrected chi connectivity index (χ3v) is 7.34. The van der Waals surface area contributed by atoms with Gasteiger partial charge < -0.3 is 25.1 Å². The molecule has 40 heavy (non-hydrogen) atoms. The molecule has 1 saturated carbocycles. The molecule has 14 heteroatoms. The summed E-state index contributed by atoms with van der Waals surface area (Å²) in [4.78, 5) is 14.2. The fourth-order valence-electron chi connectivity index (χ4n) is 5.34. The average Bonchev–Trinajstić information content (AvgIpc) is 3.41. The Kier molecular flexibility index (Phi) is 7.66. The van der Waals surface area contributed by atoms with Gasteiger partial charge in [0.1, 0.15) is 11.3 Å². The number of ether oxygens (including phenoxy) is 1. The van der Waals surface area contributed by atoms with Gasteiger partial charge in [-0.15, -0.1) is 13.2 Å². The van der Waals surface area contributed by atoms with E-state index in [1.54, 1.807) is 0 Å². The van der Waals surface area contributed by atoms with Gasteiger partial charge in [-0.1, -0.05) is 12.8 Å². The maximum absolute atomic E-state index is 12.9. The van der Waals surface area contributed by atoms with E-state index in [9.17, 15) is 26.3 Å². The smallest absolute Gasteiger partial charge is 0.439 e. The van der Waals surface area contributed by atoms with Gasteiger partial charge in [-0.25, -0.2) is 15.0 Å². The van der Waals surface area contributed by atoms with E-state index in [0.29, 0.717) is 36.7 Å². The van der Waals surface area contributed by atoms with E-state index in [0.717, 1.165) is 44.5 Å². The van der Waals surface area contributed by atoms with Crippen LogP contribution in [0.3, 0.4) is 0 Å². The number of alkyl halides is 6. The van der Waals surface area contributed by atoms with Gasteiger partial charge in [0.05, 0.1) is 11.8 Å². The fourth-order valence-corrected chi connectivity index (χ4v) is 5.34. The molecule has 5 rings (SSSR count). The molecule has 2 aliphatic rings.